The van der Waals surface area contributed by atoms with Gasteiger partial charge in [-0.15, -0.1) is 0 Å². The first-order chi connectivity index (χ1) is 14.7. The van der Waals surface area contributed by atoms with E-state index >= 15 is 0 Å². The first-order valence-electron chi connectivity index (χ1n) is 10.2. The fourth-order valence-corrected chi connectivity index (χ4v) is 4.85. The normalized spacial score (nSPS) is 19.1. The Hall–Kier alpha value is -3.13. The summed E-state index contributed by atoms with van der Waals surface area (Å²) in [5.41, 5.74) is 4.93. The molecule has 30 heavy (non-hydrogen) atoms. The molecule has 4 aromatic rings. The molecule has 4 heterocycles. The summed E-state index contributed by atoms with van der Waals surface area (Å²) < 4.78 is 0. The number of aromatic amines is 2. The second-order valence-electron chi connectivity index (χ2n) is 8.06. The highest BCUT2D eigenvalue weighted by Crippen LogP contribution is 2.36. The van der Waals surface area contributed by atoms with E-state index in [9.17, 15) is 4.79 Å². The van der Waals surface area contributed by atoms with E-state index in [1.165, 1.54) is 17.3 Å². The second-order valence-corrected chi connectivity index (χ2v) is 8.50. The predicted molar refractivity (Wildman–Crippen MR) is 115 cm³/mol. The van der Waals surface area contributed by atoms with Crippen molar-refractivity contribution in [3.63, 3.8) is 0 Å². The van der Waals surface area contributed by atoms with Gasteiger partial charge in [0.2, 0.25) is 5.91 Å². The number of hydrogen-bond donors (Lipinski definition) is 3. The summed E-state index contributed by atoms with van der Waals surface area (Å²) in [5.74, 6) is 0.840. The molecule has 3 N–H and O–H groups in total. The quantitative estimate of drug-likeness (QED) is 0.471. The Morgan fingerprint density at radius 2 is 2.13 bits per heavy atom. The lowest BCUT2D eigenvalue weighted by molar-refractivity contribution is -0.126. The largest absolute Gasteiger partial charge is 0.356 e. The molecule has 1 saturated heterocycles. The van der Waals surface area contributed by atoms with Crippen molar-refractivity contribution in [3.05, 3.63) is 47.1 Å². The van der Waals surface area contributed by atoms with Gasteiger partial charge in [-0.1, -0.05) is 11.6 Å². The number of benzene rings is 1. The molecule has 152 valence electrons. The van der Waals surface area contributed by atoms with Crippen molar-refractivity contribution >= 4 is 45.4 Å². The van der Waals surface area contributed by atoms with Gasteiger partial charge in [0.1, 0.15) is 11.8 Å². The summed E-state index contributed by atoms with van der Waals surface area (Å²) in [7, 11) is 0. The molecule has 1 aliphatic heterocycles. The van der Waals surface area contributed by atoms with Crippen LogP contribution in [0, 0.1) is 5.92 Å². The highest BCUT2D eigenvalue weighted by atomic mass is 35.5. The zero-order valence-electron chi connectivity index (χ0n) is 16.2. The maximum Gasteiger partial charge on any atom is 0.227 e. The van der Waals surface area contributed by atoms with Crippen LogP contribution in [0.4, 0.5) is 5.82 Å². The van der Waals surface area contributed by atoms with Crippen LogP contribution in [0.1, 0.15) is 30.1 Å². The monoisotopic (exact) mass is 421 g/mol. The Morgan fingerprint density at radius 1 is 1.23 bits per heavy atom. The molecule has 3 aromatic heterocycles. The van der Waals surface area contributed by atoms with Crippen LogP contribution in [0.5, 0.6) is 0 Å². The number of halogens is 1. The molecule has 1 atom stereocenters. The van der Waals surface area contributed by atoms with E-state index in [4.69, 9.17) is 11.6 Å². The standard InChI is InChI=1S/C21H20ClN7O/c22-12-4-5-15-14(6-12)13-2-1-3-16(17(13)27-15)28-21(30)11-7-29(8-11)20-18-19(24-9-23-18)25-10-26-20/h4-6,9-11,16,27H,1-3,7-8H2,(H,28,30)(H,23,24,25,26). The zero-order valence-corrected chi connectivity index (χ0v) is 16.9. The summed E-state index contributed by atoms with van der Waals surface area (Å²) >= 11 is 6.20. The van der Waals surface area contributed by atoms with Gasteiger partial charge in [0.15, 0.2) is 11.5 Å². The number of imidazole rings is 1. The maximum atomic E-state index is 12.9. The lowest BCUT2D eigenvalue weighted by Crippen LogP contribution is -2.54. The van der Waals surface area contributed by atoms with E-state index in [0.717, 1.165) is 46.8 Å². The third-order valence-corrected chi connectivity index (χ3v) is 6.48. The van der Waals surface area contributed by atoms with Crippen molar-refractivity contribution < 1.29 is 4.79 Å². The highest BCUT2D eigenvalue weighted by molar-refractivity contribution is 6.31. The van der Waals surface area contributed by atoms with E-state index in [0.29, 0.717) is 18.7 Å². The van der Waals surface area contributed by atoms with E-state index in [2.05, 4.69) is 35.1 Å². The molecule has 8 nitrogen and oxygen atoms in total. The molecule has 2 aliphatic rings. The summed E-state index contributed by atoms with van der Waals surface area (Å²) in [6.45, 7) is 1.28. The number of rotatable bonds is 3. The average Bonchev–Trinajstić information content (AvgIpc) is 3.32. The molecule has 6 rings (SSSR count). The molecule has 0 spiro atoms. The summed E-state index contributed by atoms with van der Waals surface area (Å²) in [5, 5.41) is 5.18. The lowest BCUT2D eigenvalue weighted by Gasteiger charge is -2.39. The van der Waals surface area contributed by atoms with Crippen LogP contribution in [0.2, 0.25) is 5.02 Å². The molecular weight excluding hydrogens is 402 g/mol. The number of H-pyrrole nitrogens is 2. The molecule has 1 aromatic carbocycles. The summed E-state index contributed by atoms with van der Waals surface area (Å²) in [6.07, 6.45) is 6.12. The summed E-state index contributed by atoms with van der Waals surface area (Å²) in [6, 6.07) is 5.93. The van der Waals surface area contributed by atoms with Crippen LogP contribution in [-0.4, -0.2) is 43.9 Å². The van der Waals surface area contributed by atoms with E-state index < -0.39 is 0 Å². The van der Waals surface area contributed by atoms with Gasteiger partial charge in [-0.3, -0.25) is 4.79 Å². The number of carbonyl (C=O) groups is 1. The first-order valence-corrected chi connectivity index (χ1v) is 10.5. The van der Waals surface area contributed by atoms with Gasteiger partial charge in [0.25, 0.3) is 0 Å². The Bertz CT molecular complexity index is 1270. The van der Waals surface area contributed by atoms with Crippen LogP contribution >= 0.6 is 11.6 Å². The van der Waals surface area contributed by atoms with Gasteiger partial charge < -0.3 is 20.2 Å². The van der Waals surface area contributed by atoms with Gasteiger partial charge in [-0.05, 0) is 43.0 Å². The van der Waals surface area contributed by atoms with Gasteiger partial charge in [-0.25, -0.2) is 15.0 Å². The molecule has 1 amide bonds. The number of aromatic nitrogens is 5. The Labute approximate surface area is 177 Å². The minimum atomic E-state index is -0.0536. The van der Waals surface area contributed by atoms with E-state index in [1.54, 1.807) is 6.33 Å². The molecule has 1 unspecified atom stereocenters. The SMILES string of the molecule is O=C(NC1CCCc2c1[nH]c1ccc(Cl)cc21)C1CN(c2ncnc3nc[nH]c23)C1. The highest BCUT2D eigenvalue weighted by Gasteiger charge is 2.36. The molecule has 0 saturated carbocycles. The van der Waals surface area contributed by atoms with Gasteiger partial charge in [-0.2, -0.15) is 0 Å². The van der Waals surface area contributed by atoms with Crippen LogP contribution in [-0.2, 0) is 11.2 Å². The number of carbonyl (C=O) groups excluding carboxylic acids is 1. The molecule has 0 bridgehead atoms. The van der Waals surface area contributed by atoms with Crippen molar-refractivity contribution in [2.24, 2.45) is 5.92 Å². The average molecular weight is 422 g/mol. The predicted octanol–water partition coefficient (Wildman–Crippen LogP) is 3.12. The van der Waals surface area contributed by atoms with E-state index in [-0.39, 0.29) is 17.9 Å². The van der Waals surface area contributed by atoms with Crippen molar-refractivity contribution in [3.8, 4) is 0 Å². The van der Waals surface area contributed by atoms with Crippen LogP contribution in [0.15, 0.2) is 30.9 Å². The van der Waals surface area contributed by atoms with Gasteiger partial charge in [0.05, 0.1) is 18.3 Å². The number of aryl methyl sites for hydroxylation is 1. The summed E-state index contributed by atoms with van der Waals surface area (Å²) in [4.78, 5) is 34.3. The lowest BCUT2D eigenvalue weighted by atomic mass is 9.90. The van der Waals surface area contributed by atoms with Crippen molar-refractivity contribution in [2.45, 2.75) is 25.3 Å². The molecule has 1 aliphatic carbocycles. The third-order valence-electron chi connectivity index (χ3n) is 6.24. The fourth-order valence-electron chi connectivity index (χ4n) is 4.68. The number of amides is 1. The first kappa shape index (κ1) is 17.7. The topological polar surface area (TPSA) is 103 Å². The van der Waals surface area contributed by atoms with Crippen molar-refractivity contribution in [2.75, 3.05) is 18.0 Å². The maximum absolute atomic E-state index is 12.9. The van der Waals surface area contributed by atoms with E-state index in [1.807, 2.05) is 18.2 Å². The molecule has 1 fully saturated rings. The van der Waals surface area contributed by atoms with Crippen LogP contribution < -0.4 is 10.2 Å². The minimum absolute atomic E-state index is 0.0137. The van der Waals surface area contributed by atoms with Crippen LogP contribution in [0.3, 0.4) is 0 Å². The molecule has 9 heteroatoms. The third kappa shape index (κ3) is 2.74. The smallest absolute Gasteiger partial charge is 0.227 e. The second kappa shape index (κ2) is 6.70. The number of nitrogens with zero attached hydrogens (tertiary/aromatic N) is 4. The number of nitrogens with one attached hydrogen (secondary N) is 3. The minimum Gasteiger partial charge on any atom is -0.356 e. The van der Waals surface area contributed by atoms with Crippen molar-refractivity contribution in [1.29, 1.82) is 0 Å². The van der Waals surface area contributed by atoms with Gasteiger partial charge in [0, 0.05) is 34.7 Å². The Kier molecular flexibility index (Phi) is 3.95. The Morgan fingerprint density at radius 3 is 3.03 bits per heavy atom. The number of fused-ring (bicyclic) bond motifs is 4. The zero-order chi connectivity index (χ0) is 20.2. The molecule has 0 radical (unpaired) electrons. The Balaban J connectivity index is 1.18. The fraction of sp³-hybridized carbons (Fsp3) is 0.333. The van der Waals surface area contributed by atoms with Crippen LogP contribution in [0.25, 0.3) is 22.1 Å². The number of hydrogen-bond acceptors (Lipinski definition) is 5. The van der Waals surface area contributed by atoms with Gasteiger partial charge >= 0.3 is 0 Å². The number of anilines is 1. The molecular formula is C21H20ClN7O. The van der Waals surface area contributed by atoms with Crippen molar-refractivity contribution in [1.82, 2.24) is 30.2 Å².